The number of halogens is 1. The van der Waals surface area contributed by atoms with E-state index in [2.05, 4.69) is 0 Å². The van der Waals surface area contributed by atoms with Gasteiger partial charge in [-0.2, -0.15) is 0 Å². The van der Waals surface area contributed by atoms with Crippen LogP contribution < -0.4 is 0 Å². The van der Waals surface area contributed by atoms with Gasteiger partial charge in [0, 0.05) is 37.1 Å². The van der Waals surface area contributed by atoms with Crippen molar-refractivity contribution in [3.63, 3.8) is 0 Å². The zero-order valence-electron chi connectivity index (χ0n) is 9.36. The second-order valence-corrected chi connectivity index (χ2v) is 6.98. The monoisotopic (exact) mass is 270 g/mol. The first-order valence-corrected chi connectivity index (χ1v) is 8.13. The van der Waals surface area contributed by atoms with Gasteiger partial charge in [0.25, 0.3) is 0 Å². The molecule has 6 heteroatoms. The smallest absolute Gasteiger partial charge is 0.232 e. The SMILES string of the molecule is O=S(=O)(Cl)CCCCOCC1CCOCC1. The standard InChI is InChI=1S/C10H19ClO4S/c11-16(12,13)8-2-1-5-15-9-10-3-6-14-7-4-10/h10H,1-9H2. The highest BCUT2D eigenvalue weighted by molar-refractivity contribution is 8.13. The summed E-state index contributed by atoms with van der Waals surface area (Å²) in [5.41, 5.74) is 0. The lowest BCUT2D eigenvalue weighted by atomic mass is 10.0. The largest absolute Gasteiger partial charge is 0.381 e. The van der Waals surface area contributed by atoms with E-state index in [4.69, 9.17) is 20.2 Å². The van der Waals surface area contributed by atoms with Crippen LogP contribution in [0.3, 0.4) is 0 Å². The number of rotatable bonds is 7. The lowest BCUT2D eigenvalue weighted by Crippen LogP contribution is -2.20. The molecule has 1 rings (SSSR count). The highest BCUT2D eigenvalue weighted by Gasteiger charge is 2.13. The van der Waals surface area contributed by atoms with Crippen LogP contribution in [0.4, 0.5) is 0 Å². The minimum atomic E-state index is -3.33. The third kappa shape index (κ3) is 7.44. The third-order valence-electron chi connectivity index (χ3n) is 2.62. The lowest BCUT2D eigenvalue weighted by molar-refractivity contribution is 0.0201. The van der Waals surface area contributed by atoms with Crippen LogP contribution in [0.1, 0.15) is 25.7 Å². The Labute approximate surface area is 102 Å². The summed E-state index contributed by atoms with van der Waals surface area (Å²) in [7, 11) is 1.75. The van der Waals surface area contributed by atoms with Crippen molar-refractivity contribution >= 4 is 19.7 Å². The van der Waals surface area contributed by atoms with E-state index in [1.165, 1.54) is 0 Å². The molecule has 4 nitrogen and oxygen atoms in total. The van der Waals surface area contributed by atoms with Crippen LogP contribution in [0, 0.1) is 5.92 Å². The maximum absolute atomic E-state index is 10.6. The highest BCUT2D eigenvalue weighted by Crippen LogP contribution is 2.14. The van der Waals surface area contributed by atoms with Crippen molar-refractivity contribution in [3.8, 4) is 0 Å². The van der Waals surface area contributed by atoms with Gasteiger partial charge in [-0.05, 0) is 31.6 Å². The molecule has 0 aromatic rings. The van der Waals surface area contributed by atoms with E-state index in [1.807, 2.05) is 0 Å². The van der Waals surface area contributed by atoms with E-state index in [1.54, 1.807) is 0 Å². The van der Waals surface area contributed by atoms with Gasteiger partial charge in [-0.15, -0.1) is 0 Å². The highest BCUT2D eigenvalue weighted by atomic mass is 35.7. The van der Waals surface area contributed by atoms with Gasteiger partial charge in [0.1, 0.15) is 0 Å². The molecule has 0 saturated carbocycles. The lowest BCUT2D eigenvalue weighted by Gasteiger charge is -2.21. The number of hydrogen-bond donors (Lipinski definition) is 0. The van der Waals surface area contributed by atoms with Crippen molar-refractivity contribution in [3.05, 3.63) is 0 Å². The molecule has 0 N–H and O–H groups in total. The summed E-state index contributed by atoms with van der Waals surface area (Å²) in [6.45, 7) is 3.04. The maximum Gasteiger partial charge on any atom is 0.232 e. The van der Waals surface area contributed by atoms with Crippen LogP contribution in [0.5, 0.6) is 0 Å². The molecule has 96 valence electrons. The first-order chi connectivity index (χ1) is 7.58. The summed E-state index contributed by atoms with van der Waals surface area (Å²) in [5, 5.41) is 0. The van der Waals surface area contributed by atoms with Gasteiger partial charge < -0.3 is 9.47 Å². The van der Waals surface area contributed by atoms with Crippen molar-refractivity contribution in [2.24, 2.45) is 5.92 Å². The number of unbranched alkanes of at least 4 members (excludes halogenated alkanes) is 1. The van der Waals surface area contributed by atoms with Crippen LogP contribution in [0.15, 0.2) is 0 Å². The molecule has 1 fully saturated rings. The minimum absolute atomic E-state index is 0.0369. The summed E-state index contributed by atoms with van der Waals surface area (Å²) < 4.78 is 32.0. The van der Waals surface area contributed by atoms with Crippen LogP contribution in [0.25, 0.3) is 0 Å². The molecular formula is C10H19ClO4S. The predicted molar refractivity (Wildman–Crippen MR) is 63.2 cm³/mol. The number of ether oxygens (including phenoxy) is 2. The molecule has 0 radical (unpaired) electrons. The van der Waals surface area contributed by atoms with Gasteiger partial charge in [-0.25, -0.2) is 8.42 Å². The molecule has 1 saturated heterocycles. The summed E-state index contributed by atoms with van der Waals surface area (Å²) in [6, 6.07) is 0. The van der Waals surface area contributed by atoms with E-state index in [9.17, 15) is 8.42 Å². The third-order valence-corrected chi connectivity index (χ3v) is 3.86. The topological polar surface area (TPSA) is 52.6 Å². The van der Waals surface area contributed by atoms with E-state index < -0.39 is 9.05 Å². The van der Waals surface area contributed by atoms with E-state index in [0.717, 1.165) is 39.1 Å². The van der Waals surface area contributed by atoms with Gasteiger partial charge in [-0.3, -0.25) is 0 Å². The normalized spacial score (nSPS) is 18.8. The molecule has 0 aliphatic carbocycles. The van der Waals surface area contributed by atoms with Crippen LogP contribution >= 0.6 is 10.7 Å². The Morgan fingerprint density at radius 3 is 2.56 bits per heavy atom. The maximum atomic E-state index is 10.6. The molecule has 0 bridgehead atoms. The van der Waals surface area contributed by atoms with Crippen LogP contribution in [-0.4, -0.2) is 40.6 Å². The van der Waals surface area contributed by atoms with E-state index >= 15 is 0 Å². The first kappa shape index (κ1) is 14.2. The second-order valence-electron chi connectivity index (χ2n) is 4.08. The summed E-state index contributed by atoms with van der Waals surface area (Å²) in [5.74, 6) is 0.639. The molecule has 0 aromatic heterocycles. The van der Waals surface area contributed by atoms with Crippen molar-refractivity contribution < 1.29 is 17.9 Å². The molecule has 1 aliphatic rings. The van der Waals surface area contributed by atoms with Crippen molar-refractivity contribution in [2.45, 2.75) is 25.7 Å². The quantitative estimate of drug-likeness (QED) is 0.523. The molecule has 0 spiro atoms. The Hall–Kier alpha value is 0.160. The molecule has 0 unspecified atom stereocenters. The van der Waals surface area contributed by atoms with Crippen molar-refractivity contribution in [1.82, 2.24) is 0 Å². The minimum Gasteiger partial charge on any atom is -0.381 e. The Bertz CT molecular complexity index is 273. The second kappa shape index (κ2) is 7.48. The van der Waals surface area contributed by atoms with E-state index in [0.29, 0.717) is 18.9 Å². The fourth-order valence-electron chi connectivity index (χ4n) is 1.64. The molecule has 1 heterocycles. The Kier molecular flexibility index (Phi) is 6.65. The summed E-state index contributed by atoms with van der Waals surface area (Å²) >= 11 is 0. The number of hydrogen-bond acceptors (Lipinski definition) is 4. The van der Waals surface area contributed by atoms with Crippen LogP contribution in [0.2, 0.25) is 0 Å². The van der Waals surface area contributed by atoms with E-state index in [-0.39, 0.29) is 5.75 Å². The van der Waals surface area contributed by atoms with Gasteiger partial charge in [0.15, 0.2) is 0 Å². The zero-order chi connectivity index (χ0) is 11.9. The Morgan fingerprint density at radius 1 is 1.25 bits per heavy atom. The first-order valence-electron chi connectivity index (χ1n) is 5.66. The van der Waals surface area contributed by atoms with Gasteiger partial charge >= 0.3 is 0 Å². The molecular weight excluding hydrogens is 252 g/mol. The van der Waals surface area contributed by atoms with Gasteiger partial charge in [0.05, 0.1) is 5.75 Å². The molecule has 0 atom stereocenters. The summed E-state index contributed by atoms with van der Waals surface area (Å²) in [6.07, 6.45) is 3.45. The Morgan fingerprint density at radius 2 is 1.94 bits per heavy atom. The van der Waals surface area contributed by atoms with Gasteiger partial charge in [0.2, 0.25) is 9.05 Å². The predicted octanol–water partition coefficient (Wildman–Crippen LogP) is 1.78. The molecule has 0 aromatic carbocycles. The average Bonchev–Trinajstić information content (AvgIpc) is 2.23. The fraction of sp³-hybridized carbons (Fsp3) is 1.00. The average molecular weight is 271 g/mol. The van der Waals surface area contributed by atoms with Crippen LogP contribution in [-0.2, 0) is 18.5 Å². The van der Waals surface area contributed by atoms with Crippen molar-refractivity contribution in [2.75, 3.05) is 32.2 Å². The summed E-state index contributed by atoms with van der Waals surface area (Å²) in [4.78, 5) is 0. The molecule has 0 amide bonds. The fourth-order valence-corrected chi connectivity index (χ4v) is 2.52. The zero-order valence-corrected chi connectivity index (χ0v) is 10.9. The van der Waals surface area contributed by atoms with Crippen molar-refractivity contribution in [1.29, 1.82) is 0 Å². The molecule has 16 heavy (non-hydrogen) atoms. The molecule has 1 aliphatic heterocycles. The Balaban J connectivity index is 1.91. The van der Waals surface area contributed by atoms with Gasteiger partial charge in [-0.1, -0.05) is 0 Å².